The summed E-state index contributed by atoms with van der Waals surface area (Å²) < 4.78 is 1.84. The summed E-state index contributed by atoms with van der Waals surface area (Å²) >= 11 is 0. The summed E-state index contributed by atoms with van der Waals surface area (Å²) in [7, 11) is 2.15. The SMILES string of the molecule is C=C(C)c1nc(=O)n(CC2CCN(C)CC2)c2ccccc12. The molecule has 1 aromatic heterocycles. The normalized spacial score (nSPS) is 17.0. The minimum absolute atomic E-state index is 0.157. The zero-order chi connectivity index (χ0) is 15.7. The maximum absolute atomic E-state index is 12.5. The van der Waals surface area contributed by atoms with E-state index in [1.165, 1.54) is 0 Å². The van der Waals surface area contributed by atoms with Crippen LogP contribution in [0, 0.1) is 5.92 Å². The largest absolute Gasteiger partial charge is 0.348 e. The molecule has 3 rings (SSSR count). The Bertz CT molecular complexity index is 755. The van der Waals surface area contributed by atoms with Crippen LogP contribution >= 0.6 is 0 Å². The summed E-state index contributed by atoms with van der Waals surface area (Å²) in [6, 6.07) is 8.01. The van der Waals surface area contributed by atoms with Gasteiger partial charge in [0.15, 0.2) is 0 Å². The van der Waals surface area contributed by atoms with E-state index >= 15 is 0 Å². The number of allylic oxidation sites excluding steroid dienone is 1. The number of para-hydroxylation sites is 1. The molecule has 1 aliphatic rings. The van der Waals surface area contributed by atoms with Gasteiger partial charge >= 0.3 is 5.69 Å². The van der Waals surface area contributed by atoms with Crippen LogP contribution in [0.4, 0.5) is 0 Å². The molecular formula is C18H23N3O. The van der Waals surface area contributed by atoms with Crippen LogP contribution in [0.3, 0.4) is 0 Å². The van der Waals surface area contributed by atoms with Gasteiger partial charge in [-0.1, -0.05) is 24.8 Å². The average molecular weight is 297 g/mol. The monoisotopic (exact) mass is 297 g/mol. The van der Waals surface area contributed by atoms with Crippen molar-refractivity contribution < 1.29 is 0 Å². The lowest BCUT2D eigenvalue weighted by Gasteiger charge is -2.29. The second-order valence-electron chi connectivity index (χ2n) is 6.40. The van der Waals surface area contributed by atoms with Crippen molar-refractivity contribution in [2.75, 3.05) is 20.1 Å². The van der Waals surface area contributed by atoms with Gasteiger partial charge in [-0.3, -0.25) is 4.57 Å². The molecule has 0 amide bonds. The Morgan fingerprint density at radius 2 is 2.00 bits per heavy atom. The average Bonchev–Trinajstić information content (AvgIpc) is 2.51. The summed E-state index contributed by atoms with van der Waals surface area (Å²) in [5.41, 5.74) is 2.37. The number of hydrogen-bond donors (Lipinski definition) is 0. The smallest absolute Gasteiger partial charge is 0.306 e. The molecule has 0 unspecified atom stereocenters. The molecule has 0 radical (unpaired) electrons. The lowest BCUT2D eigenvalue weighted by molar-refractivity contribution is 0.205. The second-order valence-corrected chi connectivity index (χ2v) is 6.40. The minimum atomic E-state index is -0.157. The van der Waals surface area contributed by atoms with Gasteiger partial charge in [-0.15, -0.1) is 0 Å². The molecular weight excluding hydrogens is 274 g/mol. The lowest BCUT2D eigenvalue weighted by Crippen LogP contribution is -2.34. The minimum Gasteiger partial charge on any atom is -0.306 e. The van der Waals surface area contributed by atoms with Gasteiger partial charge in [-0.2, -0.15) is 4.98 Å². The molecule has 0 aliphatic carbocycles. The second kappa shape index (κ2) is 6.05. The van der Waals surface area contributed by atoms with Gasteiger partial charge in [-0.25, -0.2) is 4.79 Å². The molecule has 2 aromatic rings. The van der Waals surface area contributed by atoms with Crippen molar-refractivity contribution in [3.63, 3.8) is 0 Å². The number of benzene rings is 1. The molecule has 2 heterocycles. The molecule has 1 fully saturated rings. The van der Waals surface area contributed by atoms with Crippen molar-refractivity contribution >= 4 is 16.5 Å². The molecule has 0 atom stereocenters. The molecule has 1 saturated heterocycles. The summed E-state index contributed by atoms with van der Waals surface area (Å²) in [5, 5.41) is 1.02. The first kappa shape index (κ1) is 15.0. The standard InChI is InChI=1S/C18H23N3O/c1-13(2)17-15-6-4-5-7-16(15)21(18(22)19-17)12-14-8-10-20(3)11-9-14/h4-7,14H,1,8-12H2,2-3H3. The van der Waals surface area contributed by atoms with Gasteiger partial charge in [0.05, 0.1) is 11.2 Å². The van der Waals surface area contributed by atoms with Crippen molar-refractivity contribution in [2.45, 2.75) is 26.3 Å². The lowest BCUT2D eigenvalue weighted by atomic mass is 9.97. The van der Waals surface area contributed by atoms with E-state index in [1.54, 1.807) is 0 Å². The quantitative estimate of drug-likeness (QED) is 0.874. The molecule has 1 aromatic carbocycles. The Morgan fingerprint density at radius 3 is 2.68 bits per heavy atom. The van der Waals surface area contributed by atoms with Crippen molar-refractivity contribution in [3.8, 4) is 0 Å². The molecule has 1 aliphatic heterocycles. The number of piperidine rings is 1. The van der Waals surface area contributed by atoms with Crippen LogP contribution in [0.25, 0.3) is 16.5 Å². The van der Waals surface area contributed by atoms with E-state index in [1.807, 2.05) is 35.8 Å². The first-order chi connectivity index (χ1) is 10.6. The van der Waals surface area contributed by atoms with Crippen molar-refractivity contribution in [1.29, 1.82) is 0 Å². The van der Waals surface area contributed by atoms with E-state index in [-0.39, 0.29) is 5.69 Å². The molecule has 116 valence electrons. The fraction of sp³-hybridized carbons (Fsp3) is 0.444. The van der Waals surface area contributed by atoms with Crippen LogP contribution in [0.1, 0.15) is 25.5 Å². The van der Waals surface area contributed by atoms with Gasteiger partial charge in [0, 0.05) is 11.9 Å². The van der Waals surface area contributed by atoms with Crippen LogP contribution in [0.15, 0.2) is 35.6 Å². The predicted octanol–water partition coefficient (Wildman–Crippen LogP) is 2.77. The first-order valence-electron chi connectivity index (χ1n) is 7.90. The van der Waals surface area contributed by atoms with Crippen LogP contribution in [0.5, 0.6) is 0 Å². The third kappa shape index (κ3) is 2.83. The van der Waals surface area contributed by atoms with E-state index in [9.17, 15) is 4.79 Å². The third-order valence-corrected chi connectivity index (χ3v) is 4.57. The Labute approximate surface area is 131 Å². The fourth-order valence-corrected chi connectivity index (χ4v) is 3.23. The number of likely N-dealkylation sites (tertiary alicyclic amines) is 1. The molecule has 4 heteroatoms. The van der Waals surface area contributed by atoms with Gasteiger partial charge in [0.25, 0.3) is 0 Å². The summed E-state index contributed by atoms with van der Waals surface area (Å²) in [6.07, 6.45) is 2.28. The van der Waals surface area contributed by atoms with Crippen LogP contribution in [-0.2, 0) is 6.54 Å². The van der Waals surface area contributed by atoms with E-state index in [4.69, 9.17) is 0 Å². The van der Waals surface area contributed by atoms with E-state index < -0.39 is 0 Å². The van der Waals surface area contributed by atoms with Crippen LogP contribution in [0.2, 0.25) is 0 Å². The Kier molecular flexibility index (Phi) is 4.12. The zero-order valence-electron chi connectivity index (χ0n) is 13.4. The van der Waals surface area contributed by atoms with Gasteiger partial charge in [0.1, 0.15) is 0 Å². The molecule has 0 N–H and O–H groups in total. The maximum Gasteiger partial charge on any atom is 0.348 e. The Balaban J connectivity index is 2.03. The highest BCUT2D eigenvalue weighted by atomic mass is 16.1. The van der Waals surface area contributed by atoms with E-state index in [0.717, 1.165) is 54.6 Å². The highest BCUT2D eigenvalue weighted by molar-refractivity contribution is 5.88. The van der Waals surface area contributed by atoms with Crippen molar-refractivity contribution in [2.24, 2.45) is 5.92 Å². The van der Waals surface area contributed by atoms with Crippen molar-refractivity contribution in [1.82, 2.24) is 14.5 Å². The summed E-state index contributed by atoms with van der Waals surface area (Å²) in [5.74, 6) is 0.551. The van der Waals surface area contributed by atoms with Gasteiger partial charge < -0.3 is 4.90 Å². The number of aromatic nitrogens is 2. The maximum atomic E-state index is 12.5. The van der Waals surface area contributed by atoms with Crippen molar-refractivity contribution in [3.05, 3.63) is 47.0 Å². The third-order valence-electron chi connectivity index (χ3n) is 4.57. The topological polar surface area (TPSA) is 38.1 Å². The Morgan fingerprint density at radius 1 is 1.32 bits per heavy atom. The molecule has 22 heavy (non-hydrogen) atoms. The molecule has 0 saturated carbocycles. The Hall–Kier alpha value is -1.94. The fourth-order valence-electron chi connectivity index (χ4n) is 3.23. The highest BCUT2D eigenvalue weighted by Crippen LogP contribution is 2.23. The molecule has 0 bridgehead atoms. The number of rotatable bonds is 3. The summed E-state index contributed by atoms with van der Waals surface area (Å²) in [4.78, 5) is 19.1. The predicted molar refractivity (Wildman–Crippen MR) is 90.9 cm³/mol. The number of fused-ring (bicyclic) bond motifs is 1. The van der Waals surface area contributed by atoms with Crippen LogP contribution < -0.4 is 5.69 Å². The van der Waals surface area contributed by atoms with Gasteiger partial charge in [0.2, 0.25) is 0 Å². The number of hydrogen-bond acceptors (Lipinski definition) is 3. The number of nitrogens with zero attached hydrogens (tertiary/aromatic N) is 3. The first-order valence-corrected chi connectivity index (χ1v) is 7.90. The molecule has 0 spiro atoms. The zero-order valence-corrected chi connectivity index (χ0v) is 13.4. The summed E-state index contributed by atoms with van der Waals surface area (Å²) in [6.45, 7) is 8.82. The van der Waals surface area contributed by atoms with Crippen LogP contribution in [-0.4, -0.2) is 34.6 Å². The molecule has 4 nitrogen and oxygen atoms in total. The van der Waals surface area contributed by atoms with E-state index in [2.05, 4.69) is 23.5 Å². The van der Waals surface area contributed by atoms with Gasteiger partial charge in [-0.05, 0) is 57.5 Å². The van der Waals surface area contributed by atoms with E-state index in [0.29, 0.717) is 5.92 Å². The highest BCUT2D eigenvalue weighted by Gasteiger charge is 2.19.